The molecule has 2 amide bonds. The quantitative estimate of drug-likeness (QED) is 0.450. The van der Waals surface area contributed by atoms with Gasteiger partial charge in [0.15, 0.2) is 11.6 Å². The van der Waals surface area contributed by atoms with Crippen LogP contribution >= 0.6 is 0 Å². The standard InChI is InChI=1S/C25H22N4O3/c30-23(15-20-7-3-6-19-5-1-2-8-21(19)20)28-16-24(31)29-25-22(9-4-12-27-25)32-17-18-10-13-26-14-11-18/h1-14H,15-17H2,(H,28,30)(H,27,29,31). The number of rotatable bonds is 8. The average Bonchev–Trinajstić information content (AvgIpc) is 2.83. The predicted molar refractivity (Wildman–Crippen MR) is 122 cm³/mol. The fourth-order valence-electron chi connectivity index (χ4n) is 3.28. The molecular formula is C25H22N4O3. The number of hydrogen-bond acceptors (Lipinski definition) is 5. The van der Waals surface area contributed by atoms with Crippen LogP contribution < -0.4 is 15.4 Å². The van der Waals surface area contributed by atoms with Crippen LogP contribution in [-0.4, -0.2) is 28.3 Å². The zero-order chi connectivity index (χ0) is 22.2. The summed E-state index contributed by atoms with van der Waals surface area (Å²) < 4.78 is 5.78. The van der Waals surface area contributed by atoms with Crippen molar-refractivity contribution < 1.29 is 14.3 Å². The molecule has 0 atom stereocenters. The number of amides is 2. The topological polar surface area (TPSA) is 93.2 Å². The lowest BCUT2D eigenvalue weighted by atomic mass is 10.0. The molecule has 7 nitrogen and oxygen atoms in total. The first-order chi connectivity index (χ1) is 15.7. The normalized spacial score (nSPS) is 10.5. The smallest absolute Gasteiger partial charge is 0.245 e. The Kier molecular flexibility index (Phi) is 6.67. The molecule has 2 heterocycles. The molecule has 0 aliphatic carbocycles. The summed E-state index contributed by atoms with van der Waals surface area (Å²) in [7, 11) is 0. The maximum atomic E-state index is 12.4. The van der Waals surface area contributed by atoms with Gasteiger partial charge in [0.25, 0.3) is 0 Å². The molecule has 2 N–H and O–H groups in total. The highest BCUT2D eigenvalue weighted by Gasteiger charge is 2.12. The molecule has 7 heteroatoms. The number of hydrogen-bond donors (Lipinski definition) is 2. The summed E-state index contributed by atoms with van der Waals surface area (Å²) in [5, 5.41) is 7.46. The van der Waals surface area contributed by atoms with Crippen LogP contribution in [0.4, 0.5) is 5.82 Å². The lowest BCUT2D eigenvalue weighted by Crippen LogP contribution is -2.34. The third-order valence-electron chi connectivity index (χ3n) is 4.85. The highest BCUT2D eigenvalue weighted by atomic mass is 16.5. The van der Waals surface area contributed by atoms with Gasteiger partial charge in [0.1, 0.15) is 6.61 Å². The third kappa shape index (κ3) is 5.46. The van der Waals surface area contributed by atoms with Gasteiger partial charge in [-0.2, -0.15) is 0 Å². The Morgan fingerprint density at radius 2 is 1.66 bits per heavy atom. The summed E-state index contributed by atoms with van der Waals surface area (Å²) in [6, 6.07) is 20.9. The number of nitrogens with zero attached hydrogens (tertiary/aromatic N) is 2. The van der Waals surface area contributed by atoms with E-state index in [1.165, 1.54) is 0 Å². The summed E-state index contributed by atoms with van der Waals surface area (Å²) in [6.45, 7) is 0.156. The van der Waals surface area contributed by atoms with Gasteiger partial charge in [0.2, 0.25) is 11.8 Å². The van der Waals surface area contributed by atoms with Crippen molar-refractivity contribution >= 4 is 28.4 Å². The number of pyridine rings is 2. The molecule has 0 spiro atoms. The Hall–Kier alpha value is -4.26. The fourth-order valence-corrected chi connectivity index (χ4v) is 3.28. The zero-order valence-electron chi connectivity index (χ0n) is 17.3. The Balaban J connectivity index is 1.31. The van der Waals surface area contributed by atoms with Gasteiger partial charge in [-0.15, -0.1) is 0 Å². The van der Waals surface area contributed by atoms with Crippen LogP contribution in [0, 0.1) is 0 Å². The maximum absolute atomic E-state index is 12.4. The molecule has 0 saturated heterocycles. The van der Waals surface area contributed by atoms with E-state index < -0.39 is 0 Å². The lowest BCUT2D eigenvalue weighted by Gasteiger charge is -2.12. The average molecular weight is 426 g/mol. The molecular weight excluding hydrogens is 404 g/mol. The highest BCUT2D eigenvalue weighted by molar-refractivity contribution is 5.96. The van der Waals surface area contributed by atoms with Gasteiger partial charge in [-0.05, 0) is 46.2 Å². The van der Waals surface area contributed by atoms with Crippen LogP contribution in [0.25, 0.3) is 10.8 Å². The second-order valence-electron chi connectivity index (χ2n) is 7.13. The van der Waals surface area contributed by atoms with Gasteiger partial charge in [-0.3, -0.25) is 14.6 Å². The van der Waals surface area contributed by atoms with Gasteiger partial charge in [-0.25, -0.2) is 4.98 Å². The van der Waals surface area contributed by atoms with Crippen LogP contribution in [0.15, 0.2) is 85.3 Å². The highest BCUT2D eigenvalue weighted by Crippen LogP contribution is 2.22. The molecule has 4 aromatic rings. The van der Waals surface area contributed by atoms with Crippen molar-refractivity contribution in [1.82, 2.24) is 15.3 Å². The van der Waals surface area contributed by atoms with E-state index >= 15 is 0 Å². The van der Waals surface area contributed by atoms with Crippen molar-refractivity contribution in [3.05, 3.63) is 96.4 Å². The summed E-state index contributed by atoms with van der Waals surface area (Å²) >= 11 is 0. The molecule has 2 aromatic heterocycles. The van der Waals surface area contributed by atoms with E-state index in [4.69, 9.17) is 4.74 Å². The Bertz CT molecular complexity index is 1220. The monoisotopic (exact) mass is 426 g/mol. The zero-order valence-corrected chi connectivity index (χ0v) is 17.3. The van der Waals surface area contributed by atoms with E-state index in [-0.39, 0.29) is 24.8 Å². The van der Waals surface area contributed by atoms with Crippen LogP contribution in [0.2, 0.25) is 0 Å². The molecule has 0 radical (unpaired) electrons. The van der Waals surface area contributed by atoms with Crippen LogP contribution in [0.1, 0.15) is 11.1 Å². The van der Waals surface area contributed by atoms with Crippen molar-refractivity contribution in [3.8, 4) is 5.75 Å². The first-order valence-electron chi connectivity index (χ1n) is 10.2. The summed E-state index contributed by atoms with van der Waals surface area (Å²) in [5.74, 6) is 0.130. The Labute approximate surface area is 185 Å². The summed E-state index contributed by atoms with van der Waals surface area (Å²) in [5.41, 5.74) is 1.86. The first-order valence-corrected chi connectivity index (χ1v) is 10.2. The van der Waals surface area contributed by atoms with Crippen molar-refractivity contribution in [2.24, 2.45) is 0 Å². The minimum Gasteiger partial charge on any atom is -0.485 e. The number of carbonyl (C=O) groups is 2. The molecule has 160 valence electrons. The van der Waals surface area contributed by atoms with Crippen molar-refractivity contribution in [3.63, 3.8) is 0 Å². The van der Waals surface area contributed by atoms with Gasteiger partial charge in [0.05, 0.1) is 13.0 Å². The van der Waals surface area contributed by atoms with E-state index in [2.05, 4.69) is 20.6 Å². The molecule has 32 heavy (non-hydrogen) atoms. The minimum atomic E-state index is -0.385. The molecule has 4 rings (SSSR count). The van der Waals surface area contributed by atoms with E-state index in [9.17, 15) is 9.59 Å². The number of aromatic nitrogens is 2. The van der Waals surface area contributed by atoms with Gasteiger partial charge >= 0.3 is 0 Å². The van der Waals surface area contributed by atoms with E-state index in [1.807, 2.05) is 54.6 Å². The summed E-state index contributed by atoms with van der Waals surface area (Å²) in [6.07, 6.45) is 5.13. The molecule has 2 aromatic carbocycles. The number of anilines is 1. The number of fused-ring (bicyclic) bond motifs is 1. The number of carbonyl (C=O) groups excluding carboxylic acids is 2. The number of benzene rings is 2. The molecule has 0 saturated carbocycles. The van der Waals surface area contributed by atoms with E-state index in [0.29, 0.717) is 18.2 Å². The molecule has 0 aliphatic rings. The third-order valence-corrected chi connectivity index (χ3v) is 4.85. The van der Waals surface area contributed by atoms with E-state index in [1.54, 1.807) is 30.7 Å². The van der Waals surface area contributed by atoms with Crippen LogP contribution in [0.3, 0.4) is 0 Å². The largest absolute Gasteiger partial charge is 0.485 e. The van der Waals surface area contributed by atoms with Gasteiger partial charge < -0.3 is 15.4 Å². The Morgan fingerprint density at radius 3 is 2.53 bits per heavy atom. The van der Waals surface area contributed by atoms with Gasteiger partial charge in [-0.1, -0.05) is 42.5 Å². The molecule has 0 aliphatic heterocycles. The van der Waals surface area contributed by atoms with Crippen LogP contribution in [0.5, 0.6) is 5.75 Å². The second-order valence-corrected chi connectivity index (χ2v) is 7.13. The van der Waals surface area contributed by atoms with Crippen LogP contribution in [-0.2, 0) is 22.6 Å². The fraction of sp³-hybridized carbons (Fsp3) is 0.120. The number of nitrogens with one attached hydrogen (secondary N) is 2. The molecule has 0 fully saturated rings. The maximum Gasteiger partial charge on any atom is 0.245 e. The SMILES string of the molecule is O=C(Cc1cccc2ccccc12)NCC(=O)Nc1ncccc1OCc1ccncc1. The second kappa shape index (κ2) is 10.2. The lowest BCUT2D eigenvalue weighted by molar-refractivity contribution is -0.123. The number of ether oxygens (including phenoxy) is 1. The van der Waals surface area contributed by atoms with Crippen molar-refractivity contribution in [2.45, 2.75) is 13.0 Å². The van der Waals surface area contributed by atoms with Crippen molar-refractivity contribution in [1.29, 1.82) is 0 Å². The first kappa shape index (κ1) is 21.0. The Morgan fingerprint density at radius 1 is 0.844 bits per heavy atom. The van der Waals surface area contributed by atoms with E-state index in [0.717, 1.165) is 21.9 Å². The van der Waals surface area contributed by atoms with Crippen molar-refractivity contribution in [2.75, 3.05) is 11.9 Å². The van der Waals surface area contributed by atoms with Gasteiger partial charge in [0, 0.05) is 18.6 Å². The predicted octanol–water partition coefficient (Wildman–Crippen LogP) is 3.51. The molecule has 0 bridgehead atoms. The summed E-state index contributed by atoms with van der Waals surface area (Å²) in [4.78, 5) is 32.9. The minimum absolute atomic E-state index is 0.163. The molecule has 0 unspecified atom stereocenters.